The maximum absolute atomic E-state index is 14.6. The van der Waals surface area contributed by atoms with E-state index in [1.54, 1.807) is 6.92 Å². The zero-order valence-electron chi connectivity index (χ0n) is 32.3. The lowest BCUT2D eigenvalue weighted by Crippen LogP contribution is -2.62. The third kappa shape index (κ3) is 8.34. The average Bonchev–Trinajstić information content (AvgIpc) is 3.29. The van der Waals surface area contributed by atoms with E-state index in [0.29, 0.717) is 18.6 Å². The fraction of sp³-hybridized carbons (Fsp3) is 0.512. The summed E-state index contributed by atoms with van der Waals surface area (Å²) < 4.78 is 20.1. The van der Waals surface area contributed by atoms with E-state index >= 15 is 0 Å². The topological polar surface area (TPSA) is 77.1 Å². The third-order valence-electron chi connectivity index (χ3n) is 11.1. The molecule has 0 bridgehead atoms. The zero-order valence-corrected chi connectivity index (χ0v) is 34.3. The highest BCUT2D eigenvalue weighted by Gasteiger charge is 2.54. The van der Waals surface area contributed by atoms with E-state index in [-0.39, 0.29) is 35.2 Å². The van der Waals surface area contributed by atoms with Gasteiger partial charge in [-0.3, -0.25) is 10.1 Å². The molecule has 0 fully saturated rings. The number of esters is 1. The number of ether oxygens (including phenoxy) is 1. The predicted octanol–water partition coefficient (Wildman–Crippen LogP) is 9.19. The van der Waals surface area contributed by atoms with Crippen LogP contribution in [-0.2, 0) is 28.8 Å². The van der Waals surface area contributed by atoms with E-state index in [9.17, 15) is 9.59 Å². The first-order valence-corrected chi connectivity index (χ1v) is 23.8. The smallest absolute Gasteiger partial charge is 0.333 e. The second kappa shape index (κ2) is 15.3. The van der Waals surface area contributed by atoms with Crippen molar-refractivity contribution in [3.05, 3.63) is 107 Å². The number of hydrogen-bond donors (Lipinski definition) is 1. The van der Waals surface area contributed by atoms with Gasteiger partial charge in [0.05, 0.1) is 25.3 Å². The Morgan fingerprint density at radius 3 is 2.08 bits per heavy atom. The molecule has 7 nitrogen and oxygen atoms in total. The minimum atomic E-state index is -2.35. The lowest BCUT2D eigenvalue weighted by atomic mass is 9.85. The summed E-state index contributed by atoms with van der Waals surface area (Å²) >= 11 is 0. The van der Waals surface area contributed by atoms with Gasteiger partial charge in [-0.1, -0.05) is 121 Å². The van der Waals surface area contributed by atoms with Crippen LogP contribution in [0.3, 0.4) is 0 Å². The number of amides is 1. The summed E-state index contributed by atoms with van der Waals surface area (Å²) in [5.41, 5.74) is 2.92. The fourth-order valence-corrected chi connectivity index (χ4v) is 8.36. The van der Waals surface area contributed by atoms with Crippen LogP contribution in [0, 0.1) is 0 Å². The van der Waals surface area contributed by atoms with Crippen molar-refractivity contribution in [2.45, 2.75) is 115 Å². The van der Waals surface area contributed by atoms with Crippen molar-refractivity contribution in [3.63, 3.8) is 0 Å². The van der Waals surface area contributed by atoms with Crippen LogP contribution in [0.1, 0.15) is 78.5 Å². The Kier molecular flexibility index (Phi) is 12.1. The predicted molar refractivity (Wildman–Crippen MR) is 209 cm³/mol. The molecule has 4 rings (SSSR count). The number of allylic oxidation sites excluding steroid dienone is 1. The molecule has 0 radical (unpaired) electrons. The monoisotopic (exact) mass is 716 g/mol. The minimum Gasteiger partial charge on any atom is -0.460 e. The van der Waals surface area contributed by atoms with Gasteiger partial charge in [-0.25, -0.2) is 4.79 Å². The molecule has 9 heteroatoms. The Morgan fingerprint density at radius 2 is 1.52 bits per heavy atom. The van der Waals surface area contributed by atoms with Gasteiger partial charge in [0, 0.05) is 16.7 Å². The first-order chi connectivity index (χ1) is 23.2. The second-order valence-corrected chi connectivity index (χ2v) is 26.4. The highest BCUT2D eigenvalue weighted by Crippen LogP contribution is 2.48. The van der Waals surface area contributed by atoms with E-state index < -0.39 is 34.4 Å². The van der Waals surface area contributed by atoms with Gasteiger partial charge >= 0.3 is 5.97 Å². The van der Waals surface area contributed by atoms with Crippen LogP contribution >= 0.6 is 0 Å². The van der Waals surface area contributed by atoms with Crippen molar-refractivity contribution < 1.29 is 23.2 Å². The molecule has 3 atom stereocenters. The van der Waals surface area contributed by atoms with Gasteiger partial charge in [0.15, 0.2) is 16.6 Å². The average molecular weight is 717 g/mol. The Balaban J connectivity index is 1.95. The van der Waals surface area contributed by atoms with Gasteiger partial charge in [-0.15, -0.1) is 0 Å². The SMILES string of the molecule is C=C(C)C(=O)OCCN1C(=O)C2=C(C=CCC2)C1(NC(CO[Si](C)(C)C(C)(C)C)C(O[Si](C)(C)C(C)(C)C)c1ccccc1)c1ccccc1. The molecule has 0 saturated carbocycles. The quantitative estimate of drug-likeness (QED) is 0.119. The van der Waals surface area contributed by atoms with E-state index in [2.05, 4.69) is 128 Å². The number of nitrogens with one attached hydrogen (secondary N) is 1. The van der Waals surface area contributed by atoms with Gasteiger partial charge in [0.25, 0.3) is 5.91 Å². The highest BCUT2D eigenvalue weighted by molar-refractivity contribution is 6.74. The van der Waals surface area contributed by atoms with Crippen molar-refractivity contribution in [2.24, 2.45) is 0 Å². The molecular weight excluding hydrogens is 657 g/mol. The summed E-state index contributed by atoms with van der Waals surface area (Å²) in [6, 6.07) is 20.2. The summed E-state index contributed by atoms with van der Waals surface area (Å²) in [5, 5.41) is 4.05. The summed E-state index contributed by atoms with van der Waals surface area (Å²) in [4.78, 5) is 28.9. The molecule has 272 valence electrons. The fourth-order valence-electron chi connectivity index (χ4n) is 6.04. The highest BCUT2D eigenvalue weighted by atomic mass is 28.4. The molecule has 0 aromatic heterocycles. The molecule has 1 amide bonds. The molecule has 1 heterocycles. The van der Waals surface area contributed by atoms with Gasteiger partial charge in [-0.2, -0.15) is 0 Å². The molecule has 0 spiro atoms. The second-order valence-electron chi connectivity index (χ2n) is 16.8. The normalized spacial score (nSPS) is 19.7. The van der Waals surface area contributed by atoms with Gasteiger partial charge in [0.2, 0.25) is 0 Å². The Morgan fingerprint density at radius 1 is 0.940 bits per heavy atom. The molecule has 1 aliphatic heterocycles. The largest absolute Gasteiger partial charge is 0.460 e. The maximum Gasteiger partial charge on any atom is 0.333 e. The Bertz CT molecular complexity index is 1590. The summed E-state index contributed by atoms with van der Waals surface area (Å²) in [5.74, 6) is -0.530. The van der Waals surface area contributed by atoms with Crippen molar-refractivity contribution in [1.82, 2.24) is 10.2 Å². The molecule has 2 aromatic rings. The van der Waals surface area contributed by atoms with Crippen LogP contribution in [0.15, 0.2) is 96.1 Å². The molecule has 0 saturated heterocycles. The van der Waals surface area contributed by atoms with Crippen LogP contribution in [0.25, 0.3) is 0 Å². The standard InChI is InChI=1S/C41H60N2O5Si2/c1-30(2)38(45)46-28-27-43-37(44)33-25-19-20-26-34(33)41(43,32-23-17-14-18-24-32)42-35(29-47-49(9,10)39(3,4)5)36(31-21-15-13-16-22-31)48-50(11,12)40(6,7)8/h13-18,20-24,26,35-36,42H,1,19,25,27-29H2,2-12H3. The van der Waals surface area contributed by atoms with Crippen molar-refractivity contribution in [1.29, 1.82) is 0 Å². The van der Waals surface area contributed by atoms with Crippen LogP contribution in [0.4, 0.5) is 0 Å². The minimum absolute atomic E-state index is 0.0124. The molecular formula is C41H60N2O5Si2. The lowest BCUT2D eigenvalue weighted by molar-refractivity contribution is -0.143. The number of rotatable bonds is 14. The Labute approximate surface area is 303 Å². The summed E-state index contributed by atoms with van der Waals surface area (Å²) in [6.07, 6.45) is 5.29. The lowest BCUT2D eigenvalue weighted by Gasteiger charge is -2.48. The molecule has 1 aliphatic carbocycles. The summed E-state index contributed by atoms with van der Waals surface area (Å²) in [7, 11) is -4.59. The third-order valence-corrected chi connectivity index (χ3v) is 20.1. The van der Waals surface area contributed by atoms with E-state index in [0.717, 1.165) is 28.7 Å². The van der Waals surface area contributed by atoms with Crippen LogP contribution in [-0.4, -0.2) is 59.2 Å². The molecule has 2 aromatic carbocycles. The van der Waals surface area contributed by atoms with Gasteiger partial charge in [-0.05, 0) is 67.2 Å². The van der Waals surface area contributed by atoms with Crippen LogP contribution in [0.5, 0.6) is 0 Å². The van der Waals surface area contributed by atoms with Crippen LogP contribution in [0.2, 0.25) is 36.3 Å². The number of carbonyl (C=O) groups excluding carboxylic acids is 2. The number of nitrogens with zero attached hydrogens (tertiary/aromatic N) is 1. The van der Waals surface area contributed by atoms with Crippen molar-refractivity contribution in [3.8, 4) is 0 Å². The molecule has 1 N–H and O–H groups in total. The number of hydrogen-bond acceptors (Lipinski definition) is 6. The first-order valence-electron chi connectivity index (χ1n) is 18.0. The number of carbonyl (C=O) groups is 2. The van der Waals surface area contributed by atoms with E-state index in [4.69, 9.17) is 13.6 Å². The van der Waals surface area contributed by atoms with Crippen LogP contribution < -0.4 is 5.32 Å². The summed E-state index contributed by atoms with van der Waals surface area (Å²) in [6.45, 7) is 28.6. The van der Waals surface area contributed by atoms with Gasteiger partial charge < -0.3 is 18.5 Å². The maximum atomic E-state index is 14.6. The van der Waals surface area contributed by atoms with Crippen molar-refractivity contribution >= 4 is 28.5 Å². The van der Waals surface area contributed by atoms with Crippen molar-refractivity contribution in [2.75, 3.05) is 19.8 Å². The first kappa shape index (κ1) is 39.7. The molecule has 3 unspecified atom stereocenters. The Hall–Kier alpha value is -3.09. The van der Waals surface area contributed by atoms with E-state index in [1.165, 1.54) is 0 Å². The zero-order chi connectivity index (χ0) is 37.1. The molecule has 50 heavy (non-hydrogen) atoms. The van der Waals surface area contributed by atoms with E-state index in [1.807, 2.05) is 29.2 Å². The van der Waals surface area contributed by atoms with Gasteiger partial charge in [0.1, 0.15) is 12.3 Å². The number of benzene rings is 2. The molecule has 2 aliphatic rings.